The fraction of sp³-hybridized carbons (Fsp3) is 0.182. The van der Waals surface area contributed by atoms with Crippen molar-refractivity contribution >= 4 is 29.2 Å². The number of hydrogen-bond acceptors (Lipinski definition) is 4. The average molecular weight is 302 g/mol. The van der Waals surface area contributed by atoms with Crippen LogP contribution in [-0.4, -0.2) is 27.3 Å². The molecule has 0 saturated carbocycles. The summed E-state index contributed by atoms with van der Waals surface area (Å²) in [4.78, 5) is 25.5. The van der Waals surface area contributed by atoms with E-state index in [4.69, 9.17) is 27.9 Å². The van der Waals surface area contributed by atoms with Gasteiger partial charge in [-0.15, -0.1) is 5.10 Å². The van der Waals surface area contributed by atoms with Gasteiger partial charge < -0.3 is 4.74 Å². The molecular weight excluding hydrogens is 293 g/mol. The molecule has 0 saturated heterocycles. The number of esters is 1. The highest BCUT2D eigenvalue weighted by molar-refractivity contribution is 6.35. The number of H-pyrrole nitrogens is 1. The molecule has 0 aliphatic rings. The number of aromatic nitrogens is 3. The summed E-state index contributed by atoms with van der Waals surface area (Å²) in [6, 6.07) is 4.57. The summed E-state index contributed by atoms with van der Waals surface area (Å²) in [6.45, 7) is 1.85. The molecule has 1 heterocycles. The number of halogens is 2. The topological polar surface area (TPSA) is 77.0 Å². The van der Waals surface area contributed by atoms with Crippen molar-refractivity contribution in [1.29, 1.82) is 0 Å². The number of rotatable bonds is 3. The third kappa shape index (κ3) is 2.80. The Morgan fingerprint density at radius 1 is 1.47 bits per heavy atom. The highest BCUT2D eigenvalue weighted by Crippen LogP contribution is 2.22. The van der Waals surface area contributed by atoms with Crippen molar-refractivity contribution in [2.45, 2.75) is 6.92 Å². The quantitative estimate of drug-likeness (QED) is 0.880. The van der Waals surface area contributed by atoms with Crippen LogP contribution >= 0.6 is 23.2 Å². The maximum Gasteiger partial charge on any atom is 0.376 e. The number of carbonyl (C=O) groups is 1. The van der Waals surface area contributed by atoms with Gasteiger partial charge in [0, 0.05) is 5.02 Å². The molecule has 8 heteroatoms. The van der Waals surface area contributed by atoms with Crippen LogP contribution in [0.25, 0.3) is 5.69 Å². The maximum absolute atomic E-state index is 11.7. The molecule has 0 bridgehead atoms. The lowest BCUT2D eigenvalue weighted by Crippen LogP contribution is -2.16. The average Bonchev–Trinajstić information content (AvgIpc) is 2.72. The summed E-state index contributed by atoms with van der Waals surface area (Å²) in [6.07, 6.45) is 0. The molecule has 1 N–H and O–H groups in total. The first-order valence-corrected chi connectivity index (χ1v) is 6.10. The first-order chi connectivity index (χ1) is 9.02. The second-order valence-corrected chi connectivity index (χ2v) is 4.35. The van der Waals surface area contributed by atoms with Gasteiger partial charge in [0.1, 0.15) is 0 Å². The van der Waals surface area contributed by atoms with E-state index in [0.29, 0.717) is 10.7 Å². The number of nitrogens with zero attached hydrogens (tertiary/aromatic N) is 2. The minimum absolute atomic E-state index is 0.183. The molecule has 0 aliphatic heterocycles. The molecular formula is C11H9Cl2N3O3. The van der Waals surface area contributed by atoms with Crippen LogP contribution in [0.5, 0.6) is 0 Å². The Kier molecular flexibility index (Phi) is 3.92. The summed E-state index contributed by atoms with van der Waals surface area (Å²) in [5.41, 5.74) is -0.268. The highest BCUT2D eigenvalue weighted by Gasteiger charge is 2.16. The van der Waals surface area contributed by atoms with Crippen LogP contribution in [0.2, 0.25) is 10.0 Å². The zero-order valence-electron chi connectivity index (χ0n) is 9.81. The fourth-order valence-electron chi connectivity index (χ4n) is 1.43. The van der Waals surface area contributed by atoms with Gasteiger partial charge >= 0.3 is 11.7 Å². The molecule has 0 radical (unpaired) electrons. The number of aromatic amines is 1. The second-order valence-electron chi connectivity index (χ2n) is 3.51. The van der Waals surface area contributed by atoms with Gasteiger partial charge in [-0.25, -0.2) is 9.59 Å². The molecule has 1 aromatic heterocycles. The Morgan fingerprint density at radius 3 is 2.84 bits per heavy atom. The second kappa shape index (κ2) is 5.46. The van der Waals surface area contributed by atoms with Crippen LogP contribution in [-0.2, 0) is 4.74 Å². The molecule has 2 aromatic rings. The molecule has 100 valence electrons. The molecule has 6 nitrogen and oxygen atoms in total. The molecule has 0 aliphatic carbocycles. The predicted octanol–water partition coefficient (Wildman–Crippen LogP) is 2.04. The Balaban J connectivity index is 2.46. The summed E-state index contributed by atoms with van der Waals surface area (Å²) in [5.74, 6) is -0.888. The van der Waals surface area contributed by atoms with Crippen LogP contribution in [0.3, 0.4) is 0 Å². The Labute approximate surface area is 117 Å². The zero-order chi connectivity index (χ0) is 14.0. The monoisotopic (exact) mass is 301 g/mol. The molecule has 0 fully saturated rings. The Morgan fingerprint density at radius 2 is 2.21 bits per heavy atom. The lowest BCUT2D eigenvalue weighted by molar-refractivity contribution is 0.0512. The van der Waals surface area contributed by atoms with Crippen LogP contribution in [0.15, 0.2) is 23.0 Å². The highest BCUT2D eigenvalue weighted by atomic mass is 35.5. The van der Waals surface area contributed by atoms with Crippen molar-refractivity contribution in [3.8, 4) is 5.69 Å². The summed E-state index contributed by atoms with van der Waals surface area (Å²) in [5, 5.41) is 4.52. The van der Waals surface area contributed by atoms with Crippen molar-refractivity contribution in [1.82, 2.24) is 14.8 Å². The largest absolute Gasteiger partial charge is 0.460 e. The summed E-state index contributed by atoms with van der Waals surface area (Å²) >= 11 is 11.7. The van der Waals surface area contributed by atoms with Crippen LogP contribution in [0.4, 0.5) is 0 Å². The Hall–Kier alpha value is -1.79. The van der Waals surface area contributed by atoms with E-state index in [1.165, 1.54) is 12.1 Å². The molecule has 1 aromatic carbocycles. The minimum atomic E-state index is -0.705. The summed E-state index contributed by atoms with van der Waals surface area (Å²) in [7, 11) is 0. The molecule has 0 amide bonds. The smallest absolute Gasteiger partial charge is 0.376 e. The van der Waals surface area contributed by atoms with E-state index in [-0.39, 0.29) is 17.5 Å². The van der Waals surface area contributed by atoms with E-state index < -0.39 is 11.7 Å². The molecule has 0 spiro atoms. The van der Waals surface area contributed by atoms with Crippen LogP contribution in [0.1, 0.15) is 17.5 Å². The van der Waals surface area contributed by atoms with Gasteiger partial charge in [0.05, 0.1) is 17.3 Å². The van der Waals surface area contributed by atoms with E-state index in [9.17, 15) is 9.59 Å². The number of ether oxygens (including phenoxy) is 1. The van der Waals surface area contributed by atoms with E-state index in [0.717, 1.165) is 4.68 Å². The molecule has 2 rings (SSSR count). The molecule has 19 heavy (non-hydrogen) atoms. The van der Waals surface area contributed by atoms with Gasteiger partial charge in [0.2, 0.25) is 5.82 Å². The van der Waals surface area contributed by atoms with Gasteiger partial charge in [0.15, 0.2) is 0 Å². The third-order valence-corrected chi connectivity index (χ3v) is 2.76. The van der Waals surface area contributed by atoms with Gasteiger partial charge in [-0.3, -0.25) is 4.98 Å². The Bertz CT molecular complexity index is 678. The van der Waals surface area contributed by atoms with Crippen LogP contribution in [0, 0.1) is 0 Å². The molecule has 0 unspecified atom stereocenters. The van der Waals surface area contributed by atoms with Crippen molar-refractivity contribution in [3.63, 3.8) is 0 Å². The zero-order valence-corrected chi connectivity index (χ0v) is 11.3. The lowest BCUT2D eigenvalue weighted by Gasteiger charge is -2.02. The van der Waals surface area contributed by atoms with E-state index in [1.807, 2.05) is 0 Å². The predicted molar refractivity (Wildman–Crippen MR) is 70.2 cm³/mol. The van der Waals surface area contributed by atoms with Gasteiger partial charge in [0.25, 0.3) is 0 Å². The van der Waals surface area contributed by atoms with Gasteiger partial charge in [-0.1, -0.05) is 23.2 Å². The van der Waals surface area contributed by atoms with Crippen LogP contribution < -0.4 is 5.69 Å². The summed E-state index contributed by atoms with van der Waals surface area (Å²) < 4.78 is 5.72. The maximum atomic E-state index is 11.7. The van der Waals surface area contributed by atoms with Crippen molar-refractivity contribution in [2.24, 2.45) is 0 Å². The fourth-order valence-corrected chi connectivity index (χ4v) is 1.92. The number of nitrogens with one attached hydrogen (secondary N) is 1. The van der Waals surface area contributed by atoms with E-state index in [1.54, 1.807) is 13.0 Å². The van der Waals surface area contributed by atoms with E-state index >= 15 is 0 Å². The third-order valence-electron chi connectivity index (χ3n) is 2.22. The lowest BCUT2D eigenvalue weighted by atomic mass is 10.3. The number of hydrogen-bond donors (Lipinski definition) is 1. The SMILES string of the molecule is CCOC(=O)c1nn(-c2ccc(Cl)cc2Cl)c(=O)[nH]1. The number of carbonyl (C=O) groups excluding carboxylic acids is 1. The normalized spacial score (nSPS) is 10.5. The van der Waals surface area contributed by atoms with Crippen molar-refractivity contribution < 1.29 is 9.53 Å². The van der Waals surface area contributed by atoms with Crippen molar-refractivity contribution in [3.05, 3.63) is 44.6 Å². The van der Waals surface area contributed by atoms with Gasteiger partial charge in [-0.2, -0.15) is 4.68 Å². The molecule has 0 atom stereocenters. The standard InChI is InChI=1S/C11H9Cl2N3O3/c1-2-19-10(17)9-14-11(18)16(15-9)8-4-3-6(12)5-7(8)13/h3-5H,2H2,1H3,(H,14,15,18). The number of benzene rings is 1. The van der Waals surface area contributed by atoms with Gasteiger partial charge in [-0.05, 0) is 25.1 Å². The van der Waals surface area contributed by atoms with Crippen molar-refractivity contribution in [2.75, 3.05) is 6.61 Å². The minimum Gasteiger partial charge on any atom is -0.460 e. The van der Waals surface area contributed by atoms with E-state index in [2.05, 4.69) is 10.1 Å². The first kappa shape index (κ1) is 13.6. The first-order valence-electron chi connectivity index (χ1n) is 5.34.